The second kappa shape index (κ2) is 7.76. The van der Waals surface area contributed by atoms with Crippen LogP contribution >= 0.6 is 0 Å². The van der Waals surface area contributed by atoms with Crippen molar-refractivity contribution in [1.29, 1.82) is 0 Å². The Hall–Kier alpha value is -3.72. The van der Waals surface area contributed by atoms with Crippen LogP contribution in [0, 0.1) is 6.92 Å². The van der Waals surface area contributed by atoms with E-state index < -0.39 is 0 Å². The SMILES string of the molecule is Cc1ccc(NC(=O)c2ccc3c(c2)C(c2cnc4ccccc4c2)=CCC3(C)C)cc1.[HH].[HH]. The molecule has 5 rings (SSSR count). The molecule has 0 saturated heterocycles. The van der Waals surface area contributed by atoms with Crippen molar-refractivity contribution in [3.05, 3.63) is 113 Å². The summed E-state index contributed by atoms with van der Waals surface area (Å²) in [5.74, 6) is -0.101. The predicted octanol–water partition coefficient (Wildman–Crippen LogP) is 7.40. The number of nitrogens with one attached hydrogen (secondary N) is 1. The van der Waals surface area contributed by atoms with Crippen molar-refractivity contribution in [3.63, 3.8) is 0 Å². The highest BCUT2D eigenvalue weighted by atomic mass is 16.1. The minimum absolute atomic E-state index is 0. The van der Waals surface area contributed by atoms with Crippen molar-refractivity contribution in [1.82, 2.24) is 4.98 Å². The Labute approximate surface area is 191 Å². The molecule has 3 nitrogen and oxygen atoms in total. The Bertz CT molecular complexity index is 1370. The van der Waals surface area contributed by atoms with Crippen LogP contribution in [0.1, 0.15) is 55.7 Å². The molecule has 1 aromatic heterocycles. The maximum Gasteiger partial charge on any atom is 0.255 e. The molecular weight excluding hydrogens is 392 g/mol. The van der Waals surface area contributed by atoms with Crippen LogP contribution < -0.4 is 5.32 Å². The number of benzene rings is 3. The average Bonchev–Trinajstić information content (AvgIpc) is 2.80. The number of allylic oxidation sites excluding steroid dienone is 1. The first-order valence-corrected chi connectivity index (χ1v) is 11.0. The minimum Gasteiger partial charge on any atom is -0.322 e. The Balaban J connectivity index is 0.00000162. The topological polar surface area (TPSA) is 42.0 Å². The van der Waals surface area contributed by atoms with E-state index in [0.717, 1.165) is 45.3 Å². The molecule has 0 fully saturated rings. The van der Waals surface area contributed by atoms with Crippen molar-refractivity contribution >= 4 is 28.1 Å². The van der Waals surface area contributed by atoms with Gasteiger partial charge in [-0.25, -0.2) is 0 Å². The van der Waals surface area contributed by atoms with Gasteiger partial charge >= 0.3 is 0 Å². The summed E-state index contributed by atoms with van der Waals surface area (Å²) >= 11 is 0. The summed E-state index contributed by atoms with van der Waals surface area (Å²) in [6.45, 7) is 6.54. The van der Waals surface area contributed by atoms with Crippen molar-refractivity contribution in [3.8, 4) is 0 Å². The number of aromatic nitrogens is 1. The first-order chi connectivity index (χ1) is 15.4. The van der Waals surface area contributed by atoms with Gasteiger partial charge in [0.25, 0.3) is 5.91 Å². The highest BCUT2D eigenvalue weighted by molar-refractivity contribution is 6.05. The first kappa shape index (κ1) is 20.2. The van der Waals surface area contributed by atoms with E-state index in [1.807, 2.05) is 67.7 Å². The van der Waals surface area contributed by atoms with Crippen molar-refractivity contribution in [2.45, 2.75) is 32.6 Å². The fourth-order valence-corrected chi connectivity index (χ4v) is 4.41. The number of aryl methyl sites for hydroxylation is 1. The van der Waals surface area contributed by atoms with Crippen molar-refractivity contribution in [2.24, 2.45) is 0 Å². The third-order valence-corrected chi connectivity index (χ3v) is 6.33. The fraction of sp³-hybridized carbons (Fsp3) is 0.172. The third kappa shape index (κ3) is 3.71. The number of hydrogen-bond acceptors (Lipinski definition) is 2. The Kier molecular flexibility index (Phi) is 4.90. The van der Waals surface area contributed by atoms with Gasteiger partial charge in [-0.2, -0.15) is 0 Å². The number of hydrogen-bond donors (Lipinski definition) is 1. The lowest BCUT2D eigenvalue weighted by Crippen LogP contribution is -2.23. The standard InChI is InChI=1S/C29H26N2O.2H2/c1-19-8-11-23(12-9-19)31-28(32)21-10-13-26-25(17-21)24(14-15-29(26,2)3)22-16-20-6-4-5-7-27(20)30-18-22;;/h4-14,16-18H,15H2,1-3H3,(H,31,32);2*1H. The largest absolute Gasteiger partial charge is 0.322 e. The Morgan fingerprint density at radius 2 is 1.78 bits per heavy atom. The lowest BCUT2D eigenvalue weighted by Gasteiger charge is -2.32. The van der Waals surface area contributed by atoms with Gasteiger partial charge in [0.2, 0.25) is 0 Å². The van der Waals surface area contributed by atoms with E-state index >= 15 is 0 Å². The zero-order valence-electron chi connectivity index (χ0n) is 18.6. The zero-order chi connectivity index (χ0) is 22.3. The van der Waals surface area contributed by atoms with Gasteiger partial charge in [0.05, 0.1) is 5.52 Å². The summed E-state index contributed by atoms with van der Waals surface area (Å²) in [5, 5.41) is 4.14. The van der Waals surface area contributed by atoms with Crippen molar-refractivity contribution < 1.29 is 7.65 Å². The van der Waals surface area contributed by atoms with Gasteiger partial charge in [-0.05, 0) is 71.9 Å². The molecule has 1 heterocycles. The second-order valence-electron chi connectivity index (χ2n) is 9.20. The third-order valence-electron chi connectivity index (χ3n) is 6.33. The lowest BCUT2D eigenvalue weighted by molar-refractivity contribution is 0.102. The molecule has 0 unspecified atom stereocenters. The smallest absolute Gasteiger partial charge is 0.255 e. The summed E-state index contributed by atoms with van der Waals surface area (Å²) in [5.41, 5.74) is 8.20. The summed E-state index contributed by atoms with van der Waals surface area (Å²) in [7, 11) is 0. The quantitative estimate of drug-likeness (QED) is 0.374. The monoisotopic (exact) mass is 422 g/mol. The second-order valence-corrected chi connectivity index (χ2v) is 9.20. The number of pyridine rings is 1. The average molecular weight is 423 g/mol. The lowest BCUT2D eigenvalue weighted by atomic mass is 9.72. The fourth-order valence-electron chi connectivity index (χ4n) is 4.41. The molecule has 1 aliphatic rings. The maximum atomic E-state index is 13.0. The van der Waals surface area contributed by atoms with Crippen LogP contribution in [-0.2, 0) is 5.41 Å². The highest BCUT2D eigenvalue weighted by Crippen LogP contribution is 2.42. The molecule has 0 aliphatic heterocycles. The molecule has 3 heteroatoms. The van der Waals surface area contributed by atoms with Crippen LogP contribution in [0.4, 0.5) is 5.69 Å². The van der Waals surface area contributed by atoms with E-state index in [0.29, 0.717) is 5.56 Å². The molecule has 32 heavy (non-hydrogen) atoms. The molecule has 0 radical (unpaired) electrons. The Morgan fingerprint density at radius 3 is 2.59 bits per heavy atom. The minimum atomic E-state index is -0.101. The summed E-state index contributed by atoms with van der Waals surface area (Å²) < 4.78 is 0. The Morgan fingerprint density at radius 1 is 1.00 bits per heavy atom. The molecular formula is C29H30N2O. The molecule has 0 atom stereocenters. The van der Waals surface area contributed by atoms with Crippen molar-refractivity contribution in [2.75, 3.05) is 5.32 Å². The zero-order valence-corrected chi connectivity index (χ0v) is 18.6. The molecule has 1 amide bonds. The van der Waals surface area contributed by atoms with Crippen LogP contribution in [0.5, 0.6) is 0 Å². The van der Waals surface area contributed by atoms with E-state index in [2.05, 4.69) is 48.4 Å². The molecule has 0 saturated carbocycles. The molecule has 162 valence electrons. The normalized spacial score (nSPS) is 14.5. The molecule has 0 bridgehead atoms. The van der Waals surface area contributed by atoms with Gasteiger partial charge in [0, 0.05) is 31.3 Å². The molecule has 1 N–H and O–H groups in total. The number of amides is 1. The van der Waals surface area contributed by atoms with Crippen LogP contribution in [0.2, 0.25) is 0 Å². The van der Waals surface area contributed by atoms with Crippen LogP contribution in [0.25, 0.3) is 16.5 Å². The van der Waals surface area contributed by atoms with Crippen LogP contribution in [-0.4, -0.2) is 10.9 Å². The van der Waals surface area contributed by atoms with Gasteiger partial charge in [-0.15, -0.1) is 0 Å². The highest BCUT2D eigenvalue weighted by Gasteiger charge is 2.29. The van der Waals surface area contributed by atoms with E-state index in [1.54, 1.807) is 0 Å². The van der Waals surface area contributed by atoms with E-state index in [9.17, 15) is 4.79 Å². The van der Waals surface area contributed by atoms with Gasteiger partial charge in [0.1, 0.15) is 0 Å². The summed E-state index contributed by atoms with van der Waals surface area (Å²) in [4.78, 5) is 17.7. The number of fused-ring (bicyclic) bond motifs is 2. The maximum absolute atomic E-state index is 13.0. The number of rotatable bonds is 3. The van der Waals surface area contributed by atoms with Gasteiger partial charge in [-0.3, -0.25) is 9.78 Å². The number of carbonyl (C=O) groups is 1. The number of anilines is 1. The van der Waals surface area contributed by atoms with Gasteiger partial charge in [-0.1, -0.05) is 61.9 Å². The number of carbonyl (C=O) groups excluding carboxylic acids is 1. The molecule has 3 aromatic carbocycles. The molecule has 0 spiro atoms. The van der Waals surface area contributed by atoms with E-state index in [-0.39, 0.29) is 14.2 Å². The molecule has 1 aliphatic carbocycles. The van der Waals surface area contributed by atoms with E-state index in [1.165, 1.54) is 5.56 Å². The van der Waals surface area contributed by atoms with Crippen LogP contribution in [0.3, 0.4) is 0 Å². The first-order valence-electron chi connectivity index (χ1n) is 11.0. The molecule has 4 aromatic rings. The van der Waals surface area contributed by atoms with E-state index in [4.69, 9.17) is 0 Å². The summed E-state index contributed by atoms with van der Waals surface area (Å²) in [6.07, 6.45) is 5.17. The predicted molar refractivity (Wildman–Crippen MR) is 136 cm³/mol. The van der Waals surface area contributed by atoms with Gasteiger partial charge < -0.3 is 5.32 Å². The summed E-state index contributed by atoms with van der Waals surface area (Å²) in [6, 6.07) is 24.3. The number of nitrogens with zero attached hydrogens (tertiary/aromatic N) is 1. The number of para-hydroxylation sites is 1. The van der Waals surface area contributed by atoms with Gasteiger partial charge in [0.15, 0.2) is 0 Å². The van der Waals surface area contributed by atoms with Crippen LogP contribution in [0.15, 0.2) is 85.1 Å².